The molecular weight excluding hydrogens is 227 g/mol. The molecule has 0 aliphatic rings. The van der Waals surface area contributed by atoms with Gasteiger partial charge >= 0.3 is 5.97 Å². The molecule has 4 nitrogen and oxygen atoms in total. The molecule has 0 heterocycles. The Morgan fingerprint density at radius 3 is 2.71 bits per heavy atom. The van der Waals surface area contributed by atoms with Crippen LogP contribution in [0.15, 0.2) is 18.2 Å². The van der Waals surface area contributed by atoms with Crippen molar-refractivity contribution >= 4 is 12.3 Å². The van der Waals surface area contributed by atoms with Crippen LogP contribution in [0.1, 0.15) is 24.2 Å². The Balaban J connectivity index is 2.57. The van der Waals surface area contributed by atoms with E-state index in [4.69, 9.17) is 9.47 Å². The molecule has 0 atom stereocenters. The van der Waals surface area contributed by atoms with E-state index in [0.717, 1.165) is 6.07 Å². The predicted octanol–water partition coefficient (Wildman–Crippen LogP) is 1.97. The van der Waals surface area contributed by atoms with Gasteiger partial charge in [-0.1, -0.05) is 0 Å². The van der Waals surface area contributed by atoms with E-state index in [1.807, 2.05) is 0 Å². The van der Waals surface area contributed by atoms with Crippen molar-refractivity contribution in [1.29, 1.82) is 0 Å². The van der Waals surface area contributed by atoms with Crippen LogP contribution >= 0.6 is 0 Å². The van der Waals surface area contributed by atoms with Crippen molar-refractivity contribution in [2.24, 2.45) is 0 Å². The Morgan fingerprint density at radius 2 is 2.18 bits per heavy atom. The minimum absolute atomic E-state index is 0.0868. The van der Waals surface area contributed by atoms with Crippen LogP contribution in [0.5, 0.6) is 5.75 Å². The Morgan fingerprint density at radius 1 is 1.47 bits per heavy atom. The normalized spacial score (nSPS) is 10.1. The van der Waals surface area contributed by atoms with Crippen molar-refractivity contribution in [3.63, 3.8) is 0 Å². The summed E-state index contributed by atoms with van der Waals surface area (Å²) in [5.41, 5.74) is 0.208. The summed E-state index contributed by atoms with van der Waals surface area (Å²) >= 11 is 0. The van der Waals surface area contributed by atoms with Crippen molar-refractivity contribution < 1.29 is 23.5 Å². The first-order valence-corrected chi connectivity index (χ1v) is 5.10. The van der Waals surface area contributed by atoms with Crippen LogP contribution in [0.2, 0.25) is 0 Å². The van der Waals surface area contributed by atoms with Crippen LogP contribution in [-0.4, -0.2) is 25.0 Å². The summed E-state index contributed by atoms with van der Waals surface area (Å²) < 4.78 is 23.1. The van der Waals surface area contributed by atoms with Crippen LogP contribution in [0.4, 0.5) is 4.39 Å². The molecule has 0 bridgehead atoms. The molecule has 0 aliphatic heterocycles. The highest BCUT2D eigenvalue weighted by Gasteiger charge is 2.09. The largest absolute Gasteiger partial charge is 0.479 e. The lowest BCUT2D eigenvalue weighted by molar-refractivity contribution is -0.149. The molecule has 1 aromatic rings. The number of carbonyl (C=O) groups is 2. The molecule has 0 saturated heterocycles. The maximum absolute atomic E-state index is 13.3. The van der Waals surface area contributed by atoms with Crippen LogP contribution in [-0.2, 0) is 9.53 Å². The maximum Gasteiger partial charge on any atom is 0.344 e. The fourth-order valence-corrected chi connectivity index (χ4v) is 1.14. The first-order valence-electron chi connectivity index (χ1n) is 5.10. The Bertz CT molecular complexity index is 415. The van der Waals surface area contributed by atoms with E-state index in [0.29, 0.717) is 6.29 Å². The molecular formula is C12H13FO4. The topological polar surface area (TPSA) is 52.6 Å². The third-order valence-electron chi connectivity index (χ3n) is 1.80. The molecule has 0 radical (unpaired) electrons. The summed E-state index contributed by atoms with van der Waals surface area (Å²) in [7, 11) is 0. The van der Waals surface area contributed by atoms with E-state index in [1.165, 1.54) is 12.1 Å². The second-order valence-electron chi connectivity index (χ2n) is 3.63. The van der Waals surface area contributed by atoms with Gasteiger partial charge in [0.2, 0.25) is 0 Å². The van der Waals surface area contributed by atoms with Crippen molar-refractivity contribution in [3.05, 3.63) is 29.6 Å². The molecule has 0 aromatic heterocycles. The van der Waals surface area contributed by atoms with Gasteiger partial charge < -0.3 is 9.47 Å². The highest BCUT2D eigenvalue weighted by Crippen LogP contribution is 2.17. The number of halogens is 1. The highest BCUT2D eigenvalue weighted by molar-refractivity contribution is 5.75. The smallest absolute Gasteiger partial charge is 0.344 e. The quantitative estimate of drug-likeness (QED) is 0.583. The zero-order valence-electron chi connectivity index (χ0n) is 9.60. The lowest BCUT2D eigenvalue weighted by atomic mass is 10.2. The van der Waals surface area contributed by atoms with Crippen molar-refractivity contribution in [2.45, 2.75) is 20.0 Å². The first kappa shape index (κ1) is 13.2. The second kappa shape index (κ2) is 5.98. The van der Waals surface area contributed by atoms with Crippen molar-refractivity contribution in [3.8, 4) is 5.75 Å². The number of rotatable bonds is 5. The molecule has 0 aliphatic carbocycles. The van der Waals surface area contributed by atoms with E-state index in [2.05, 4.69) is 0 Å². The van der Waals surface area contributed by atoms with Gasteiger partial charge in [-0.3, -0.25) is 4.79 Å². The van der Waals surface area contributed by atoms with Gasteiger partial charge in [0.25, 0.3) is 0 Å². The van der Waals surface area contributed by atoms with E-state index < -0.39 is 11.8 Å². The summed E-state index contributed by atoms with van der Waals surface area (Å²) in [6, 6.07) is 3.73. The minimum atomic E-state index is -0.688. The van der Waals surface area contributed by atoms with E-state index in [-0.39, 0.29) is 24.0 Å². The van der Waals surface area contributed by atoms with Crippen LogP contribution in [0, 0.1) is 5.82 Å². The molecule has 0 spiro atoms. The van der Waals surface area contributed by atoms with Crippen LogP contribution in [0.3, 0.4) is 0 Å². The van der Waals surface area contributed by atoms with Gasteiger partial charge in [-0.2, -0.15) is 0 Å². The van der Waals surface area contributed by atoms with Crippen LogP contribution < -0.4 is 4.74 Å². The zero-order valence-corrected chi connectivity index (χ0v) is 9.60. The predicted molar refractivity (Wildman–Crippen MR) is 58.5 cm³/mol. The van der Waals surface area contributed by atoms with Gasteiger partial charge in [-0.05, 0) is 32.0 Å². The summed E-state index contributed by atoms with van der Waals surface area (Å²) in [6.07, 6.45) is 0.285. The van der Waals surface area contributed by atoms with E-state index in [9.17, 15) is 14.0 Å². The molecule has 0 fully saturated rings. The standard InChI is InChI=1S/C12H13FO4/c1-8(2)17-12(15)7-16-11-4-3-9(6-14)5-10(11)13/h3-6,8H,7H2,1-2H3. The Labute approximate surface area is 98.3 Å². The maximum atomic E-state index is 13.3. The van der Waals surface area contributed by atoms with Gasteiger partial charge in [0.15, 0.2) is 18.2 Å². The summed E-state index contributed by atoms with van der Waals surface area (Å²) in [6.45, 7) is 3.05. The van der Waals surface area contributed by atoms with Gasteiger partial charge in [-0.15, -0.1) is 0 Å². The number of hydrogen-bond acceptors (Lipinski definition) is 4. The summed E-state index contributed by atoms with van der Waals surface area (Å²) in [5.74, 6) is -1.35. The number of hydrogen-bond donors (Lipinski definition) is 0. The summed E-state index contributed by atoms with van der Waals surface area (Å²) in [5, 5.41) is 0. The van der Waals surface area contributed by atoms with Crippen molar-refractivity contribution in [1.82, 2.24) is 0 Å². The molecule has 1 rings (SSSR count). The zero-order chi connectivity index (χ0) is 12.8. The average Bonchev–Trinajstić information content (AvgIpc) is 2.26. The fraction of sp³-hybridized carbons (Fsp3) is 0.333. The molecule has 92 valence electrons. The number of aldehydes is 1. The third kappa shape index (κ3) is 4.22. The van der Waals surface area contributed by atoms with E-state index >= 15 is 0 Å². The van der Waals surface area contributed by atoms with Gasteiger partial charge in [0.05, 0.1) is 6.10 Å². The third-order valence-corrected chi connectivity index (χ3v) is 1.80. The van der Waals surface area contributed by atoms with Crippen LogP contribution in [0.25, 0.3) is 0 Å². The summed E-state index contributed by atoms with van der Waals surface area (Å²) in [4.78, 5) is 21.5. The second-order valence-corrected chi connectivity index (χ2v) is 3.63. The molecule has 1 aromatic carbocycles. The Hall–Kier alpha value is -1.91. The van der Waals surface area contributed by atoms with E-state index in [1.54, 1.807) is 13.8 Å². The Kier molecular flexibility index (Phi) is 4.63. The number of esters is 1. The first-order chi connectivity index (χ1) is 8.02. The number of benzene rings is 1. The lowest BCUT2D eigenvalue weighted by Crippen LogP contribution is -2.19. The van der Waals surface area contributed by atoms with Gasteiger partial charge in [-0.25, -0.2) is 9.18 Å². The van der Waals surface area contributed by atoms with Crippen molar-refractivity contribution in [2.75, 3.05) is 6.61 Å². The highest BCUT2D eigenvalue weighted by atomic mass is 19.1. The molecule has 17 heavy (non-hydrogen) atoms. The molecule has 0 saturated carbocycles. The average molecular weight is 240 g/mol. The molecule has 0 unspecified atom stereocenters. The molecule has 0 amide bonds. The monoisotopic (exact) mass is 240 g/mol. The van der Waals surface area contributed by atoms with Gasteiger partial charge in [0, 0.05) is 5.56 Å². The van der Waals surface area contributed by atoms with Gasteiger partial charge in [0.1, 0.15) is 6.29 Å². The number of carbonyl (C=O) groups excluding carboxylic acids is 2. The minimum Gasteiger partial charge on any atom is -0.479 e. The number of ether oxygens (including phenoxy) is 2. The lowest BCUT2D eigenvalue weighted by Gasteiger charge is -2.09. The molecule has 5 heteroatoms. The molecule has 0 N–H and O–H groups in total. The fourth-order valence-electron chi connectivity index (χ4n) is 1.14. The SMILES string of the molecule is CC(C)OC(=O)COc1ccc(C=O)cc1F.